The zero-order valence-electron chi connectivity index (χ0n) is 10.2. The molecule has 2 rings (SSSR count). The summed E-state index contributed by atoms with van der Waals surface area (Å²) in [4.78, 5) is 15.1. The molecule has 1 heterocycles. The van der Waals surface area contributed by atoms with Crippen molar-refractivity contribution in [3.05, 3.63) is 50.8 Å². The summed E-state index contributed by atoms with van der Waals surface area (Å²) in [7, 11) is 0. The molecule has 0 aliphatic rings. The van der Waals surface area contributed by atoms with E-state index in [4.69, 9.17) is 16.7 Å². The molecular formula is C13H9BrClFN2O2. The maximum atomic E-state index is 13.4. The van der Waals surface area contributed by atoms with Crippen LogP contribution in [0, 0.1) is 12.7 Å². The minimum atomic E-state index is -1.13. The first kappa shape index (κ1) is 14.7. The van der Waals surface area contributed by atoms with E-state index in [1.807, 2.05) is 0 Å². The monoisotopic (exact) mass is 358 g/mol. The Kier molecular flexibility index (Phi) is 4.25. The number of nitrogens with zero attached hydrogens (tertiary/aromatic N) is 1. The third kappa shape index (κ3) is 3.08. The fraction of sp³-hybridized carbons (Fsp3) is 0.0769. The molecule has 2 aromatic rings. The highest BCUT2D eigenvalue weighted by Crippen LogP contribution is 2.28. The number of pyridine rings is 1. The van der Waals surface area contributed by atoms with E-state index >= 15 is 0 Å². The van der Waals surface area contributed by atoms with Crippen LogP contribution < -0.4 is 5.32 Å². The number of carbonyl (C=O) groups is 1. The van der Waals surface area contributed by atoms with Crippen molar-refractivity contribution in [2.75, 3.05) is 5.32 Å². The fourth-order valence-electron chi connectivity index (χ4n) is 1.61. The lowest BCUT2D eigenvalue weighted by molar-refractivity contribution is 0.0697. The lowest BCUT2D eigenvalue weighted by Gasteiger charge is -2.12. The highest BCUT2D eigenvalue weighted by atomic mass is 79.9. The lowest BCUT2D eigenvalue weighted by atomic mass is 10.2. The molecule has 0 aliphatic carbocycles. The van der Waals surface area contributed by atoms with Gasteiger partial charge in [-0.25, -0.2) is 14.2 Å². The van der Waals surface area contributed by atoms with Crippen molar-refractivity contribution in [3.8, 4) is 0 Å². The average Bonchev–Trinajstić information content (AvgIpc) is 2.35. The Balaban J connectivity index is 2.47. The van der Waals surface area contributed by atoms with E-state index in [0.717, 1.165) is 0 Å². The summed E-state index contributed by atoms with van der Waals surface area (Å²) < 4.78 is 13.6. The van der Waals surface area contributed by atoms with Crippen molar-refractivity contribution in [1.29, 1.82) is 0 Å². The third-order valence-corrected chi connectivity index (χ3v) is 3.43. The van der Waals surface area contributed by atoms with Crippen LogP contribution in [0.15, 0.2) is 28.7 Å². The number of carboxylic acids is 1. The van der Waals surface area contributed by atoms with E-state index < -0.39 is 11.8 Å². The van der Waals surface area contributed by atoms with Gasteiger partial charge in [-0.15, -0.1) is 0 Å². The number of aryl methyl sites for hydroxylation is 1. The average molecular weight is 360 g/mol. The van der Waals surface area contributed by atoms with Crippen LogP contribution in [0.2, 0.25) is 5.15 Å². The van der Waals surface area contributed by atoms with Gasteiger partial charge in [0.25, 0.3) is 0 Å². The number of carboxylic acid groups (broad SMARTS) is 1. The number of hydrogen-bond acceptors (Lipinski definition) is 3. The van der Waals surface area contributed by atoms with Gasteiger partial charge in [-0.3, -0.25) is 0 Å². The molecule has 0 fully saturated rings. The maximum absolute atomic E-state index is 13.4. The van der Waals surface area contributed by atoms with Crippen molar-refractivity contribution >= 4 is 45.0 Å². The van der Waals surface area contributed by atoms with Gasteiger partial charge >= 0.3 is 5.97 Å². The first-order valence-corrected chi connectivity index (χ1v) is 6.68. The van der Waals surface area contributed by atoms with Gasteiger partial charge in [0.2, 0.25) is 0 Å². The molecule has 0 saturated carbocycles. The zero-order valence-corrected chi connectivity index (χ0v) is 12.6. The van der Waals surface area contributed by atoms with Crippen LogP contribution in [0.5, 0.6) is 0 Å². The Morgan fingerprint density at radius 3 is 2.80 bits per heavy atom. The predicted molar refractivity (Wildman–Crippen MR) is 78.3 cm³/mol. The molecule has 0 radical (unpaired) electrons. The van der Waals surface area contributed by atoms with E-state index in [-0.39, 0.29) is 21.0 Å². The normalized spacial score (nSPS) is 10.4. The molecule has 0 spiro atoms. The molecule has 20 heavy (non-hydrogen) atoms. The summed E-state index contributed by atoms with van der Waals surface area (Å²) in [5.41, 5.74) is 1.13. The van der Waals surface area contributed by atoms with E-state index in [1.165, 1.54) is 24.3 Å². The van der Waals surface area contributed by atoms with Gasteiger partial charge < -0.3 is 10.4 Å². The molecule has 0 unspecified atom stereocenters. The molecule has 4 nitrogen and oxygen atoms in total. The van der Waals surface area contributed by atoms with Gasteiger partial charge in [-0.2, -0.15) is 0 Å². The molecule has 1 aromatic heterocycles. The zero-order chi connectivity index (χ0) is 14.9. The van der Waals surface area contributed by atoms with Gasteiger partial charge in [0.05, 0.1) is 4.47 Å². The minimum Gasteiger partial charge on any atom is -0.478 e. The quantitative estimate of drug-likeness (QED) is 0.798. The predicted octanol–water partition coefficient (Wildman–Crippen LogP) is 4.39. The first-order valence-electron chi connectivity index (χ1n) is 5.51. The van der Waals surface area contributed by atoms with Crippen molar-refractivity contribution in [2.24, 2.45) is 0 Å². The highest BCUT2D eigenvalue weighted by molar-refractivity contribution is 9.10. The second-order valence-corrected chi connectivity index (χ2v) is 5.28. The number of halogens is 3. The standard InChI is InChI=1S/C13H9BrClFN2O2/c1-6-4-9(16)8(14)5-10(6)17-12-7(13(19)20)2-3-11(15)18-12/h2-5H,1H3,(H,17,18)(H,19,20). The molecule has 0 bridgehead atoms. The topological polar surface area (TPSA) is 62.2 Å². The summed E-state index contributed by atoms with van der Waals surface area (Å²) in [6.07, 6.45) is 0. The molecule has 1 aromatic carbocycles. The molecule has 104 valence electrons. The molecular weight excluding hydrogens is 351 g/mol. The number of nitrogens with one attached hydrogen (secondary N) is 1. The lowest BCUT2D eigenvalue weighted by Crippen LogP contribution is -2.06. The molecule has 0 atom stereocenters. The first-order chi connectivity index (χ1) is 9.38. The third-order valence-electron chi connectivity index (χ3n) is 2.61. The number of rotatable bonds is 3. The van der Waals surface area contributed by atoms with Crippen LogP contribution in [0.3, 0.4) is 0 Å². The summed E-state index contributed by atoms with van der Waals surface area (Å²) in [6.45, 7) is 1.70. The fourth-order valence-corrected chi connectivity index (χ4v) is 2.10. The molecule has 7 heteroatoms. The molecule has 0 saturated heterocycles. The van der Waals surface area contributed by atoms with Crippen molar-refractivity contribution < 1.29 is 14.3 Å². The number of anilines is 2. The van der Waals surface area contributed by atoms with Gasteiger partial charge in [0.15, 0.2) is 0 Å². The largest absolute Gasteiger partial charge is 0.478 e. The summed E-state index contributed by atoms with van der Waals surface area (Å²) >= 11 is 8.85. The summed E-state index contributed by atoms with van der Waals surface area (Å²) in [5.74, 6) is -1.42. The summed E-state index contributed by atoms with van der Waals surface area (Å²) in [5, 5.41) is 12.1. The number of aromatic carboxylic acids is 1. The minimum absolute atomic E-state index is 0.0192. The van der Waals surface area contributed by atoms with Crippen molar-refractivity contribution in [2.45, 2.75) is 6.92 Å². The second-order valence-electron chi connectivity index (χ2n) is 4.04. The van der Waals surface area contributed by atoms with E-state index in [9.17, 15) is 9.18 Å². The van der Waals surface area contributed by atoms with Crippen LogP contribution in [-0.2, 0) is 0 Å². The number of hydrogen-bond donors (Lipinski definition) is 2. The van der Waals surface area contributed by atoms with Gasteiger partial charge in [0, 0.05) is 5.69 Å². The number of benzene rings is 1. The van der Waals surface area contributed by atoms with Crippen LogP contribution in [0.25, 0.3) is 0 Å². The smallest absolute Gasteiger partial charge is 0.339 e. The van der Waals surface area contributed by atoms with Crippen molar-refractivity contribution in [1.82, 2.24) is 4.98 Å². The van der Waals surface area contributed by atoms with E-state index in [2.05, 4.69) is 26.2 Å². The molecule has 0 aliphatic heterocycles. The van der Waals surface area contributed by atoms with E-state index in [1.54, 1.807) is 6.92 Å². The SMILES string of the molecule is Cc1cc(F)c(Br)cc1Nc1nc(Cl)ccc1C(=O)O. The number of aromatic nitrogens is 1. The Hall–Kier alpha value is -1.66. The molecule has 2 N–H and O–H groups in total. The van der Waals surface area contributed by atoms with Gasteiger partial charge in [0.1, 0.15) is 22.4 Å². The Morgan fingerprint density at radius 2 is 2.15 bits per heavy atom. The van der Waals surface area contributed by atoms with Gasteiger partial charge in [-0.05, 0) is 52.7 Å². The second kappa shape index (κ2) is 5.76. The molecule has 0 amide bonds. The summed E-state index contributed by atoms with van der Waals surface area (Å²) in [6, 6.07) is 5.59. The van der Waals surface area contributed by atoms with Gasteiger partial charge in [-0.1, -0.05) is 11.6 Å². The van der Waals surface area contributed by atoms with Crippen LogP contribution in [0.1, 0.15) is 15.9 Å². The Bertz CT molecular complexity index is 694. The van der Waals surface area contributed by atoms with Crippen LogP contribution in [0.4, 0.5) is 15.9 Å². The highest BCUT2D eigenvalue weighted by Gasteiger charge is 2.14. The van der Waals surface area contributed by atoms with Crippen LogP contribution >= 0.6 is 27.5 Å². The Labute approximate surface area is 127 Å². The maximum Gasteiger partial charge on any atom is 0.339 e. The Morgan fingerprint density at radius 1 is 1.45 bits per heavy atom. The van der Waals surface area contributed by atoms with E-state index in [0.29, 0.717) is 11.3 Å². The van der Waals surface area contributed by atoms with Crippen LogP contribution in [-0.4, -0.2) is 16.1 Å². The van der Waals surface area contributed by atoms with Crippen molar-refractivity contribution in [3.63, 3.8) is 0 Å².